The van der Waals surface area contributed by atoms with Crippen molar-refractivity contribution in [1.82, 2.24) is 9.97 Å². The lowest BCUT2D eigenvalue weighted by atomic mass is 9.92. The summed E-state index contributed by atoms with van der Waals surface area (Å²) in [5.41, 5.74) is 3.45. The summed E-state index contributed by atoms with van der Waals surface area (Å²) in [6, 6.07) is 13.4. The van der Waals surface area contributed by atoms with Crippen molar-refractivity contribution in [2.45, 2.75) is 25.3 Å². The van der Waals surface area contributed by atoms with Crippen molar-refractivity contribution in [3.8, 4) is 5.75 Å². The second-order valence-electron chi connectivity index (χ2n) is 6.75. The van der Waals surface area contributed by atoms with Crippen molar-refractivity contribution in [2.75, 3.05) is 19.1 Å². The second-order valence-corrected chi connectivity index (χ2v) is 7.11. The Balaban J connectivity index is 1.86. The number of methoxy groups -OCH3 is 2. The molecule has 4 rings (SSSR count). The number of hydrogen-bond acceptors (Lipinski definition) is 6. The smallest absolute Gasteiger partial charge is 0.306 e. The summed E-state index contributed by atoms with van der Waals surface area (Å²) in [5.74, 6) is 0.968. The normalized spacial score (nSPS) is 18.2. The zero-order valence-electron chi connectivity index (χ0n) is 15.8. The minimum Gasteiger partial charge on any atom is -0.497 e. The summed E-state index contributed by atoms with van der Waals surface area (Å²) < 4.78 is 10.3. The van der Waals surface area contributed by atoms with Gasteiger partial charge in [0, 0.05) is 17.6 Å². The van der Waals surface area contributed by atoms with Gasteiger partial charge in [-0.3, -0.25) is 4.79 Å². The molecule has 0 spiro atoms. The van der Waals surface area contributed by atoms with Gasteiger partial charge in [-0.25, -0.2) is 9.97 Å². The first-order valence-electron chi connectivity index (χ1n) is 8.99. The molecule has 2 unspecified atom stereocenters. The van der Waals surface area contributed by atoms with Crippen LogP contribution in [0.25, 0.3) is 11.0 Å². The molecule has 0 fully saturated rings. The Labute approximate surface area is 168 Å². The van der Waals surface area contributed by atoms with Crippen LogP contribution in [0.4, 0.5) is 11.5 Å². The predicted octanol–water partition coefficient (Wildman–Crippen LogP) is 4.48. The van der Waals surface area contributed by atoms with Crippen LogP contribution >= 0.6 is 11.6 Å². The molecule has 6 nitrogen and oxygen atoms in total. The van der Waals surface area contributed by atoms with Crippen molar-refractivity contribution < 1.29 is 14.3 Å². The van der Waals surface area contributed by atoms with Gasteiger partial charge in [0.1, 0.15) is 5.75 Å². The van der Waals surface area contributed by atoms with Crippen LogP contribution in [-0.2, 0) is 9.53 Å². The zero-order chi connectivity index (χ0) is 19.8. The molecule has 28 heavy (non-hydrogen) atoms. The number of nitrogens with zero attached hydrogens (tertiary/aromatic N) is 3. The maximum atomic E-state index is 12.0. The monoisotopic (exact) mass is 397 g/mol. The molecule has 0 aliphatic carbocycles. The zero-order valence-corrected chi connectivity index (χ0v) is 16.6. The molecule has 3 aromatic rings. The molecule has 2 aromatic carbocycles. The highest BCUT2D eigenvalue weighted by molar-refractivity contribution is 6.32. The lowest BCUT2D eigenvalue weighted by molar-refractivity contribution is -0.141. The van der Waals surface area contributed by atoms with Gasteiger partial charge in [-0.1, -0.05) is 23.7 Å². The third-order valence-corrected chi connectivity index (χ3v) is 5.49. The Hall–Kier alpha value is -2.86. The molecule has 1 aliphatic heterocycles. The van der Waals surface area contributed by atoms with E-state index < -0.39 is 0 Å². The van der Waals surface area contributed by atoms with Gasteiger partial charge in [0.15, 0.2) is 11.0 Å². The molecule has 0 bridgehead atoms. The number of anilines is 2. The highest BCUT2D eigenvalue weighted by Crippen LogP contribution is 2.48. The van der Waals surface area contributed by atoms with E-state index in [1.165, 1.54) is 7.11 Å². The molecule has 0 saturated heterocycles. The molecule has 144 valence electrons. The molecule has 1 aromatic heterocycles. The summed E-state index contributed by atoms with van der Waals surface area (Å²) in [4.78, 5) is 23.4. The van der Waals surface area contributed by atoms with Crippen LogP contribution in [0.2, 0.25) is 5.15 Å². The van der Waals surface area contributed by atoms with E-state index in [0.717, 1.165) is 28.0 Å². The van der Waals surface area contributed by atoms with Crippen molar-refractivity contribution in [3.63, 3.8) is 0 Å². The lowest BCUT2D eigenvalue weighted by Gasteiger charge is -2.26. The van der Waals surface area contributed by atoms with E-state index >= 15 is 0 Å². The van der Waals surface area contributed by atoms with Crippen molar-refractivity contribution in [1.29, 1.82) is 0 Å². The van der Waals surface area contributed by atoms with Gasteiger partial charge in [-0.05, 0) is 42.8 Å². The molecular weight excluding hydrogens is 378 g/mol. The minimum atomic E-state index is -0.261. The summed E-state index contributed by atoms with van der Waals surface area (Å²) in [7, 11) is 3.02. The van der Waals surface area contributed by atoms with Gasteiger partial charge in [0.05, 0.1) is 31.7 Å². The summed E-state index contributed by atoms with van der Waals surface area (Å²) in [5, 5.41) is 0.325. The van der Waals surface area contributed by atoms with Crippen LogP contribution in [0.3, 0.4) is 0 Å². The van der Waals surface area contributed by atoms with Crippen LogP contribution < -0.4 is 9.64 Å². The summed E-state index contributed by atoms with van der Waals surface area (Å²) >= 11 is 6.52. The molecule has 0 amide bonds. The van der Waals surface area contributed by atoms with E-state index in [9.17, 15) is 4.79 Å². The van der Waals surface area contributed by atoms with Crippen LogP contribution in [0, 0.1) is 0 Å². The van der Waals surface area contributed by atoms with Gasteiger partial charge < -0.3 is 14.4 Å². The molecule has 2 heterocycles. The fourth-order valence-corrected chi connectivity index (χ4v) is 4.03. The van der Waals surface area contributed by atoms with E-state index in [4.69, 9.17) is 26.1 Å². The topological polar surface area (TPSA) is 64.6 Å². The SMILES string of the molecule is COC(=O)CC1c2cc(OC)ccc2N(c2nc3ccccc3nc2Cl)C1C. The van der Waals surface area contributed by atoms with Crippen molar-refractivity contribution >= 4 is 40.1 Å². The van der Waals surface area contributed by atoms with Crippen molar-refractivity contribution in [2.24, 2.45) is 0 Å². The fourth-order valence-electron chi connectivity index (χ4n) is 3.81. The number of hydrogen-bond donors (Lipinski definition) is 0. The number of para-hydroxylation sites is 2. The first kappa shape index (κ1) is 18.5. The Morgan fingerprint density at radius 2 is 1.86 bits per heavy atom. The van der Waals surface area contributed by atoms with E-state index in [1.807, 2.05) is 54.3 Å². The van der Waals surface area contributed by atoms with Crippen molar-refractivity contribution in [3.05, 3.63) is 53.2 Å². The second kappa shape index (κ2) is 7.28. The van der Waals surface area contributed by atoms with Gasteiger partial charge in [0.25, 0.3) is 0 Å². The van der Waals surface area contributed by atoms with Crippen LogP contribution in [-0.4, -0.2) is 36.2 Å². The number of carbonyl (C=O) groups excluding carboxylic acids is 1. The maximum absolute atomic E-state index is 12.0. The molecule has 0 radical (unpaired) electrons. The predicted molar refractivity (Wildman–Crippen MR) is 109 cm³/mol. The Kier molecular flexibility index (Phi) is 4.81. The number of aromatic nitrogens is 2. The van der Waals surface area contributed by atoms with E-state index in [2.05, 4.69) is 4.98 Å². The standard InChI is InChI=1S/C21H20ClN3O3/c1-12-14(11-19(26)28-3)15-10-13(27-2)8-9-18(15)25(12)21-20(22)23-16-6-4-5-7-17(16)24-21/h4-10,12,14H,11H2,1-3H3. The number of fused-ring (bicyclic) bond motifs is 2. The quantitative estimate of drug-likeness (QED) is 0.605. The van der Waals surface area contributed by atoms with E-state index in [0.29, 0.717) is 11.0 Å². The Bertz CT molecular complexity index is 1060. The number of carbonyl (C=O) groups is 1. The molecule has 2 atom stereocenters. The van der Waals surface area contributed by atoms with Gasteiger partial charge in [-0.2, -0.15) is 0 Å². The summed E-state index contributed by atoms with van der Waals surface area (Å²) in [6.07, 6.45) is 0.257. The summed E-state index contributed by atoms with van der Waals surface area (Å²) in [6.45, 7) is 2.05. The Morgan fingerprint density at radius 3 is 2.54 bits per heavy atom. The molecule has 7 heteroatoms. The van der Waals surface area contributed by atoms with E-state index in [-0.39, 0.29) is 24.3 Å². The highest BCUT2D eigenvalue weighted by Gasteiger charge is 2.39. The highest BCUT2D eigenvalue weighted by atomic mass is 35.5. The number of esters is 1. The number of rotatable bonds is 4. The average molecular weight is 398 g/mol. The Morgan fingerprint density at radius 1 is 1.14 bits per heavy atom. The van der Waals surface area contributed by atoms with Gasteiger partial charge >= 0.3 is 5.97 Å². The van der Waals surface area contributed by atoms with Crippen LogP contribution in [0.5, 0.6) is 5.75 Å². The number of halogens is 1. The fraction of sp³-hybridized carbons (Fsp3) is 0.286. The van der Waals surface area contributed by atoms with Gasteiger partial charge in [-0.15, -0.1) is 0 Å². The molecule has 0 saturated carbocycles. The van der Waals surface area contributed by atoms with Crippen LogP contribution in [0.1, 0.15) is 24.8 Å². The van der Waals surface area contributed by atoms with E-state index in [1.54, 1.807) is 7.11 Å². The maximum Gasteiger partial charge on any atom is 0.306 e. The number of benzene rings is 2. The van der Waals surface area contributed by atoms with Gasteiger partial charge in [0.2, 0.25) is 0 Å². The molecule has 1 aliphatic rings. The molecule has 0 N–H and O–H groups in total. The first-order chi connectivity index (χ1) is 13.5. The first-order valence-corrected chi connectivity index (χ1v) is 9.37. The number of ether oxygens (including phenoxy) is 2. The third kappa shape index (κ3) is 3.03. The minimum absolute atomic E-state index is 0.0610. The van der Waals surface area contributed by atoms with Crippen LogP contribution in [0.15, 0.2) is 42.5 Å². The largest absolute Gasteiger partial charge is 0.497 e. The lowest BCUT2D eigenvalue weighted by Crippen LogP contribution is -2.29. The molecular formula is C21H20ClN3O3. The average Bonchev–Trinajstić information content (AvgIpc) is 2.98. The third-order valence-electron chi connectivity index (χ3n) is 5.24.